The zero-order valence-corrected chi connectivity index (χ0v) is 17.7. The molecule has 0 bridgehead atoms. The van der Waals surface area contributed by atoms with Gasteiger partial charge in [-0.1, -0.05) is 42.5 Å². The Bertz CT molecular complexity index is 980. The normalized spacial score (nSPS) is 21.8. The van der Waals surface area contributed by atoms with Gasteiger partial charge in [0.05, 0.1) is 0 Å². The van der Waals surface area contributed by atoms with Crippen molar-refractivity contribution in [2.24, 2.45) is 5.41 Å². The number of alkyl halides is 3. The number of carbonyl (C=O) groups excluding carboxylic acids is 2. The average Bonchev–Trinajstić information content (AvgIpc) is 3.40. The number of benzene rings is 2. The Morgan fingerprint density at radius 1 is 1.03 bits per heavy atom. The summed E-state index contributed by atoms with van der Waals surface area (Å²) >= 11 is 0. The molecule has 4 rings (SSSR count). The van der Waals surface area contributed by atoms with Crippen LogP contribution in [-0.4, -0.2) is 42.5 Å². The molecule has 5 nitrogen and oxygen atoms in total. The van der Waals surface area contributed by atoms with Gasteiger partial charge in [-0.2, -0.15) is 13.2 Å². The van der Waals surface area contributed by atoms with Crippen molar-refractivity contribution in [3.8, 4) is 0 Å². The number of rotatable bonds is 6. The number of carbonyl (C=O) groups is 2. The molecule has 2 saturated heterocycles. The van der Waals surface area contributed by atoms with E-state index in [0.29, 0.717) is 30.8 Å². The molecule has 0 aliphatic carbocycles. The quantitative estimate of drug-likeness (QED) is 0.734. The number of nitrogens with one attached hydrogen (secondary N) is 1. The van der Waals surface area contributed by atoms with Crippen LogP contribution in [0.1, 0.15) is 30.4 Å². The number of halogens is 3. The molecule has 2 heterocycles. The number of nitrogens with zero attached hydrogens (tertiary/aromatic N) is 2. The number of hydrogen-bond donors (Lipinski definition) is 1. The third kappa shape index (κ3) is 4.50. The SMILES string of the molecule is O=C1CCCN1c1cccc(CNC(=O)C2(C(F)(F)F)CCN(Cc3ccccc3)C2)c1. The molecule has 1 atom stereocenters. The summed E-state index contributed by atoms with van der Waals surface area (Å²) in [5, 5.41) is 2.51. The van der Waals surface area contributed by atoms with E-state index < -0.39 is 17.5 Å². The highest BCUT2D eigenvalue weighted by molar-refractivity contribution is 5.95. The van der Waals surface area contributed by atoms with Crippen molar-refractivity contribution in [1.82, 2.24) is 10.2 Å². The molecule has 2 amide bonds. The van der Waals surface area contributed by atoms with Gasteiger partial charge in [-0.15, -0.1) is 0 Å². The van der Waals surface area contributed by atoms with E-state index in [9.17, 15) is 22.8 Å². The molecule has 0 radical (unpaired) electrons. The zero-order chi connectivity index (χ0) is 22.8. The van der Waals surface area contributed by atoms with Crippen LogP contribution >= 0.6 is 0 Å². The van der Waals surface area contributed by atoms with Crippen molar-refractivity contribution in [2.75, 3.05) is 24.5 Å². The van der Waals surface area contributed by atoms with Crippen molar-refractivity contribution >= 4 is 17.5 Å². The third-order valence-electron chi connectivity index (χ3n) is 6.32. The molecule has 0 aromatic heterocycles. The summed E-state index contributed by atoms with van der Waals surface area (Å²) in [6.45, 7) is 0.820. The van der Waals surface area contributed by atoms with Gasteiger partial charge in [0, 0.05) is 38.3 Å². The van der Waals surface area contributed by atoms with Gasteiger partial charge < -0.3 is 10.2 Å². The molecule has 170 valence electrons. The Kier molecular flexibility index (Phi) is 6.24. The van der Waals surface area contributed by atoms with E-state index >= 15 is 0 Å². The lowest BCUT2D eigenvalue weighted by molar-refractivity contribution is -0.218. The van der Waals surface area contributed by atoms with E-state index in [2.05, 4.69) is 5.32 Å². The molecule has 2 fully saturated rings. The van der Waals surface area contributed by atoms with Crippen molar-refractivity contribution in [3.63, 3.8) is 0 Å². The maximum atomic E-state index is 14.1. The first kappa shape index (κ1) is 22.3. The second kappa shape index (κ2) is 8.94. The summed E-state index contributed by atoms with van der Waals surface area (Å²) in [7, 11) is 0. The standard InChI is InChI=1S/C24H26F3N3O2/c25-24(26,27)23(11-13-29(17-23)16-18-6-2-1-3-7-18)22(32)28-15-19-8-4-9-20(14-19)30-12-5-10-21(30)31/h1-4,6-9,14H,5,10-13,15-17H2,(H,28,32). The number of hydrogen-bond acceptors (Lipinski definition) is 3. The fourth-order valence-electron chi connectivity index (χ4n) is 4.52. The molecule has 8 heteroatoms. The first-order valence-corrected chi connectivity index (χ1v) is 10.8. The summed E-state index contributed by atoms with van der Waals surface area (Å²) in [4.78, 5) is 28.2. The summed E-state index contributed by atoms with van der Waals surface area (Å²) in [5.74, 6) is -0.963. The van der Waals surface area contributed by atoms with Gasteiger partial charge >= 0.3 is 6.18 Å². The molecule has 0 spiro atoms. The monoisotopic (exact) mass is 445 g/mol. The van der Waals surface area contributed by atoms with E-state index in [1.807, 2.05) is 30.3 Å². The lowest BCUT2D eigenvalue weighted by Gasteiger charge is -2.30. The van der Waals surface area contributed by atoms with Crippen LogP contribution in [0.15, 0.2) is 54.6 Å². The molecule has 2 aliphatic rings. The van der Waals surface area contributed by atoms with E-state index in [0.717, 1.165) is 12.0 Å². The van der Waals surface area contributed by atoms with Crippen molar-refractivity contribution in [1.29, 1.82) is 0 Å². The van der Waals surface area contributed by atoms with Crippen LogP contribution in [0, 0.1) is 5.41 Å². The minimum absolute atomic E-state index is 0.0226. The Morgan fingerprint density at radius 2 is 1.78 bits per heavy atom. The second-order valence-electron chi connectivity index (χ2n) is 8.53. The van der Waals surface area contributed by atoms with Gasteiger partial charge in [-0.25, -0.2) is 0 Å². The number of amides is 2. The molecular formula is C24H26F3N3O2. The highest BCUT2D eigenvalue weighted by atomic mass is 19.4. The predicted octanol–water partition coefficient (Wildman–Crippen LogP) is 3.88. The van der Waals surface area contributed by atoms with Gasteiger partial charge in [-0.05, 0) is 42.6 Å². The number of likely N-dealkylation sites (tertiary alicyclic amines) is 1. The molecule has 2 aromatic rings. The van der Waals surface area contributed by atoms with Gasteiger partial charge in [0.2, 0.25) is 11.8 Å². The summed E-state index contributed by atoms with van der Waals surface area (Å²) in [6.07, 6.45) is -3.63. The Morgan fingerprint density at radius 3 is 2.47 bits per heavy atom. The second-order valence-corrected chi connectivity index (χ2v) is 8.53. The maximum Gasteiger partial charge on any atom is 0.404 e. The minimum atomic E-state index is -4.65. The molecule has 0 saturated carbocycles. The lowest BCUT2D eigenvalue weighted by atomic mass is 9.85. The summed E-state index contributed by atoms with van der Waals surface area (Å²) in [5.41, 5.74) is -0.143. The highest BCUT2D eigenvalue weighted by Crippen LogP contribution is 2.46. The van der Waals surface area contributed by atoms with Crippen LogP contribution in [0.2, 0.25) is 0 Å². The van der Waals surface area contributed by atoms with E-state index in [1.54, 1.807) is 34.1 Å². The van der Waals surface area contributed by atoms with E-state index in [-0.39, 0.29) is 32.0 Å². The van der Waals surface area contributed by atoms with Crippen molar-refractivity contribution in [2.45, 2.75) is 38.5 Å². The van der Waals surface area contributed by atoms with Crippen molar-refractivity contribution < 1.29 is 22.8 Å². The first-order chi connectivity index (χ1) is 15.3. The molecule has 32 heavy (non-hydrogen) atoms. The number of anilines is 1. The molecule has 2 aliphatic heterocycles. The van der Waals surface area contributed by atoms with Crippen LogP contribution < -0.4 is 10.2 Å². The largest absolute Gasteiger partial charge is 0.404 e. The van der Waals surface area contributed by atoms with Crippen LogP contribution in [0.5, 0.6) is 0 Å². The van der Waals surface area contributed by atoms with E-state index in [4.69, 9.17) is 0 Å². The third-order valence-corrected chi connectivity index (χ3v) is 6.32. The minimum Gasteiger partial charge on any atom is -0.351 e. The summed E-state index contributed by atoms with van der Waals surface area (Å²) in [6, 6.07) is 16.3. The Balaban J connectivity index is 1.44. The van der Waals surface area contributed by atoms with Crippen LogP contribution in [-0.2, 0) is 22.7 Å². The van der Waals surface area contributed by atoms with Crippen LogP contribution in [0.3, 0.4) is 0 Å². The Labute approximate surface area is 185 Å². The molecule has 1 unspecified atom stereocenters. The highest BCUT2D eigenvalue weighted by Gasteiger charge is 2.62. The van der Waals surface area contributed by atoms with Gasteiger partial charge in [0.15, 0.2) is 5.41 Å². The zero-order valence-electron chi connectivity index (χ0n) is 17.7. The summed E-state index contributed by atoms with van der Waals surface area (Å²) < 4.78 is 42.3. The van der Waals surface area contributed by atoms with Gasteiger partial charge in [-0.3, -0.25) is 14.5 Å². The maximum absolute atomic E-state index is 14.1. The fourth-order valence-corrected chi connectivity index (χ4v) is 4.52. The lowest BCUT2D eigenvalue weighted by Crippen LogP contribution is -2.52. The van der Waals surface area contributed by atoms with Crippen LogP contribution in [0.25, 0.3) is 0 Å². The topological polar surface area (TPSA) is 52.7 Å². The smallest absolute Gasteiger partial charge is 0.351 e. The van der Waals surface area contributed by atoms with Crippen molar-refractivity contribution in [3.05, 3.63) is 65.7 Å². The molecule has 2 aromatic carbocycles. The predicted molar refractivity (Wildman–Crippen MR) is 115 cm³/mol. The van der Waals surface area contributed by atoms with Gasteiger partial charge in [0.1, 0.15) is 0 Å². The van der Waals surface area contributed by atoms with Crippen LogP contribution in [0.4, 0.5) is 18.9 Å². The Hall–Kier alpha value is -2.87. The average molecular weight is 445 g/mol. The molecule has 1 N–H and O–H groups in total. The fraction of sp³-hybridized carbons (Fsp3) is 0.417. The van der Waals surface area contributed by atoms with Gasteiger partial charge in [0.25, 0.3) is 0 Å². The first-order valence-electron chi connectivity index (χ1n) is 10.8. The molecular weight excluding hydrogens is 419 g/mol. The van der Waals surface area contributed by atoms with E-state index in [1.165, 1.54) is 0 Å².